The molecule has 1 aromatic heterocycles. The molecule has 1 aliphatic carbocycles. The number of aromatic nitrogens is 2. The van der Waals surface area contributed by atoms with Crippen LogP contribution in [0.5, 0.6) is 5.75 Å². The lowest BCUT2D eigenvalue weighted by Crippen LogP contribution is -2.34. The van der Waals surface area contributed by atoms with Gasteiger partial charge in [-0.25, -0.2) is 4.68 Å². The SMILES string of the molecule is Cc1cc(OCn2ccc(C(=O)NC3CCCCCC3)n2)cc(C)c1Cl. The van der Waals surface area contributed by atoms with Crippen molar-refractivity contribution in [2.45, 2.75) is 65.1 Å². The zero-order valence-corrected chi connectivity index (χ0v) is 16.2. The summed E-state index contributed by atoms with van der Waals surface area (Å²) in [6.07, 6.45) is 8.79. The molecule has 140 valence electrons. The number of carbonyl (C=O) groups is 1. The second-order valence-corrected chi connectivity index (χ2v) is 7.42. The van der Waals surface area contributed by atoms with Crippen molar-refractivity contribution < 1.29 is 9.53 Å². The normalized spacial score (nSPS) is 15.5. The fourth-order valence-electron chi connectivity index (χ4n) is 3.37. The van der Waals surface area contributed by atoms with Crippen LogP contribution in [0.4, 0.5) is 0 Å². The summed E-state index contributed by atoms with van der Waals surface area (Å²) in [4.78, 5) is 12.4. The average molecular weight is 376 g/mol. The van der Waals surface area contributed by atoms with Crippen molar-refractivity contribution in [1.29, 1.82) is 0 Å². The van der Waals surface area contributed by atoms with Crippen LogP contribution in [-0.2, 0) is 6.73 Å². The third kappa shape index (κ3) is 4.79. The summed E-state index contributed by atoms with van der Waals surface area (Å²) >= 11 is 6.18. The highest BCUT2D eigenvalue weighted by atomic mass is 35.5. The van der Waals surface area contributed by atoms with Gasteiger partial charge in [-0.2, -0.15) is 5.10 Å². The van der Waals surface area contributed by atoms with E-state index in [-0.39, 0.29) is 18.7 Å². The van der Waals surface area contributed by atoms with E-state index in [4.69, 9.17) is 16.3 Å². The molecule has 0 unspecified atom stereocenters. The van der Waals surface area contributed by atoms with E-state index in [9.17, 15) is 4.79 Å². The van der Waals surface area contributed by atoms with Gasteiger partial charge in [-0.15, -0.1) is 0 Å². The van der Waals surface area contributed by atoms with E-state index in [0.717, 1.165) is 34.7 Å². The Balaban J connectivity index is 1.56. The third-order valence-corrected chi connectivity index (χ3v) is 5.43. The minimum atomic E-state index is -0.103. The topological polar surface area (TPSA) is 56.1 Å². The minimum Gasteiger partial charge on any atom is -0.471 e. The summed E-state index contributed by atoms with van der Waals surface area (Å²) in [6, 6.07) is 5.80. The van der Waals surface area contributed by atoms with Gasteiger partial charge in [0.05, 0.1) is 0 Å². The molecule has 0 saturated heterocycles. The van der Waals surface area contributed by atoms with Gasteiger partial charge in [-0.1, -0.05) is 37.3 Å². The molecule has 0 aliphatic heterocycles. The number of nitrogens with one attached hydrogen (secondary N) is 1. The van der Waals surface area contributed by atoms with Gasteiger partial charge in [0.2, 0.25) is 0 Å². The van der Waals surface area contributed by atoms with Crippen LogP contribution in [0.25, 0.3) is 0 Å². The number of halogens is 1. The predicted octanol–water partition coefficient (Wildman–Crippen LogP) is 4.64. The number of hydrogen-bond acceptors (Lipinski definition) is 3. The Morgan fingerprint density at radius 2 is 1.88 bits per heavy atom. The van der Waals surface area contributed by atoms with Crippen molar-refractivity contribution in [3.63, 3.8) is 0 Å². The standard InChI is InChI=1S/C20H26ClN3O2/c1-14-11-17(12-15(2)19(14)21)26-13-24-10-9-18(23-24)20(25)22-16-7-5-3-4-6-8-16/h9-12,16H,3-8,13H2,1-2H3,(H,22,25). The van der Waals surface area contributed by atoms with Gasteiger partial charge in [-0.05, 0) is 56.0 Å². The molecular formula is C20H26ClN3O2. The van der Waals surface area contributed by atoms with E-state index < -0.39 is 0 Å². The molecule has 1 N–H and O–H groups in total. The minimum absolute atomic E-state index is 0.103. The highest BCUT2D eigenvalue weighted by Crippen LogP contribution is 2.26. The van der Waals surface area contributed by atoms with E-state index >= 15 is 0 Å². The molecule has 6 heteroatoms. The molecule has 1 amide bonds. The Bertz CT molecular complexity index is 741. The monoisotopic (exact) mass is 375 g/mol. The molecule has 1 aliphatic rings. The van der Waals surface area contributed by atoms with E-state index in [0.29, 0.717) is 5.69 Å². The number of nitrogens with zero attached hydrogens (tertiary/aromatic N) is 2. The molecule has 1 heterocycles. The fraction of sp³-hybridized carbons (Fsp3) is 0.500. The van der Waals surface area contributed by atoms with Crippen LogP contribution in [0.2, 0.25) is 5.02 Å². The predicted molar refractivity (Wildman–Crippen MR) is 103 cm³/mol. The van der Waals surface area contributed by atoms with Gasteiger partial charge in [0.1, 0.15) is 11.4 Å². The zero-order chi connectivity index (χ0) is 18.5. The summed E-state index contributed by atoms with van der Waals surface area (Å²) in [6.45, 7) is 4.15. The van der Waals surface area contributed by atoms with Gasteiger partial charge < -0.3 is 10.1 Å². The van der Waals surface area contributed by atoms with Crippen LogP contribution in [0.3, 0.4) is 0 Å². The first kappa shape index (κ1) is 18.8. The lowest BCUT2D eigenvalue weighted by molar-refractivity contribution is 0.0926. The number of hydrogen-bond donors (Lipinski definition) is 1. The first-order valence-electron chi connectivity index (χ1n) is 9.27. The van der Waals surface area contributed by atoms with E-state index in [2.05, 4.69) is 10.4 Å². The van der Waals surface area contributed by atoms with Gasteiger partial charge in [0.25, 0.3) is 5.91 Å². The van der Waals surface area contributed by atoms with Crippen molar-refractivity contribution in [1.82, 2.24) is 15.1 Å². The summed E-state index contributed by atoms with van der Waals surface area (Å²) in [5.41, 5.74) is 2.39. The van der Waals surface area contributed by atoms with Crippen molar-refractivity contribution in [3.8, 4) is 5.75 Å². The number of aryl methyl sites for hydroxylation is 2. The number of benzene rings is 1. The second kappa shape index (κ2) is 8.58. The lowest BCUT2D eigenvalue weighted by Gasteiger charge is -2.15. The molecule has 1 aromatic carbocycles. The lowest BCUT2D eigenvalue weighted by atomic mass is 10.1. The number of carbonyl (C=O) groups excluding carboxylic acids is 1. The maximum Gasteiger partial charge on any atom is 0.271 e. The molecule has 3 rings (SSSR count). The average Bonchev–Trinajstić information content (AvgIpc) is 2.95. The van der Waals surface area contributed by atoms with Crippen molar-refractivity contribution in [2.24, 2.45) is 0 Å². The number of amides is 1. The largest absolute Gasteiger partial charge is 0.471 e. The highest BCUT2D eigenvalue weighted by molar-refractivity contribution is 6.32. The van der Waals surface area contributed by atoms with Gasteiger partial charge in [0.15, 0.2) is 6.73 Å². The van der Waals surface area contributed by atoms with E-state index in [1.54, 1.807) is 16.9 Å². The van der Waals surface area contributed by atoms with Crippen molar-refractivity contribution in [2.75, 3.05) is 0 Å². The van der Waals surface area contributed by atoms with Crippen LogP contribution in [-0.4, -0.2) is 21.7 Å². The van der Waals surface area contributed by atoms with Gasteiger partial charge in [0, 0.05) is 17.3 Å². The molecular weight excluding hydrogens is 350 g/mol. The molecule has 1 fully saturated rings. The van der Waals surface area contributed by atoms with Crippen LogP contribution >= 0.6 is 11.6 Å². The molecule has 2 aromatic rings. The van der Waals surface area contributed by atoms with Gasteiger partial charge >= 0.3 is 0 Å². The van der Waals surface area contributed by atoms with Crippen molar-refractivity contribution >= 4 is 17.5 Å². The Hall–Kier alpha value is -2.01. The number of ether oxygens (including phenoxy) is 1. The Kier molecular flexibility index (Phi) is 6.20. The maximum absolute atomic E-state index is 12.4. The quantitative estimate of drug-likeness (QED) is 0.774. The molecule has 26 heavy (non-hydrogen) atoms. The molecule has 0 radical (unpaired) electrons. The van der Waals surface area contributed by atoms with Crippen LogP contribution in [0, 0.1) is 13.8 Å². The van der Waals surface area contributed by atoms with E-state index in [1.807, 2.05) is 26.0 Å². The molecule has 1 saturated carbocycles. The number of rotatable bonds is 5. The summed E-state index contributed by atoms with van der Waals surface area (Å²) in [5, 5.41) is 8.20. The highest BCUT2D eigenvalue weighted by Gasteiger charge is 2.17. The second-order valence-electron chi connectivity index (χ2n) is 7.05. The smallest absolute Gasteiger partial charge is 0.271 e. The first-order valence-corrected chi connectivity index (χ1v) is 9.64. The van der Waals surface area contributed by atoms with Crippen LogP contribution in [0.15, 0.2) is 24.4 Å². The van der Waals surface area contributed by atoms with E-state index in [1.165, 1.54) is 25.7 Å². The molecule has 0 spiro atoms. The third-order valence-electron chi connectivity index (χ3n) is 4.84. The molecule has 0 atom stereocenters. The maximum atomic E-state index is 12.4. The Labute approximate surface area is 159 Å². The summed E-state index contributed by atoms with van der Waals surface area (Å²) in [5.74, 6) is 0.637. The molecule has 0 bridgehead atoms. The van der Waals surface area contributed by atoms with Crippen LogP contribution in [0.1, 0.15) is 60.1 Å². The Morgan fingerprint density at radius 3 is 2.54 bits per heavy atom. The summed E-state index contributed by atoms with van der Waals surface area (Å²) < 4.78 is 7.40. The first-order chi connectivity index (χ1) is 12.5. The van der Waals surface area contributed by atoms with Gasteiger partial charge in [-0.3, -0.25) is 4.79 Å². The molecule has 5 nitrogen and oxygen atoms in total. The summed E-state index contributed by atoms with van der Waals surface area (Å²) in [7, 11) is 0. The van der Waals surface area contributed by atoms with Crippen LogP contribution < -0.4 is 10.1 Å². The van der Waals surface area contributed by atoms with Crippen molar-refractivity contribution in [3.05, 3.63) is 46.2 Å². The zero-order valence-electron chi connectivity index (χ0n) is 15.4. The fourth-order valence-corrected chi connectivity index (χ4v) is 3.48. The Morgan fingerprint density at radius 1 is 1.23 bits per heavy atom.